The molecule has 0 aromatic heterocycles. The fraction of sp³-hybridized carbons (Fsp3) is 0.375. The molecule has 0 saturated carbocycles. The lowest BCUT2D eigenvalue weighted by atomic mass is 9.91. The highest BCUT2D eigenvalue weighted by Gasteiger charge is 2.36. The first-order chi connectivity index (χ1) is 5.56. The van der Waals surface area contributed by atoms with Crippen LogP contribution in [0.2, 0.25) is 0 Å². The monoisotopic (exact) mass is 234 g/mol. The first kappa shape index (κ1) is 9.61. The quantitative estimate of drug-likeness (QED) is 0.736. The highest BCUT2D eigenvalue weighted by Crippen LogP contribution is 2.23. The summed E-state index contributed by atoms with van der Waals surface area (Å²) in [4.78, 5) is 11.1. The molecule has 0 aromatic carbocycles. The number of ketones is 1. The van der Waals surface area contributed by atoms with Gasteiger partial charge in [-0.2, -0.15) is 0 Å². The molecule has 1 aliphatic rings. The van der Waals surface area contributed by atoms with Gasteiger partial charge in [0.15, 0.2) is 0 Å². The van der Waals surface area contributed by atoms with Gasteiger partial charge in [0, 0.05) is 6.42 Å². The van der Waals surface area contributed by atoms with Crippen molar-refractivity contribution < 1.29 is 14.3 Å². The second kappa shape index (κ2) is 3.49. The first-order valence-corrected chi connectivity index (χ1v) is 4.37. The maximum Gasteiger partial charge on any atom is 0.216 e. The number of hydrogen-bond donors (Lipinski definition) is 1. The van der Waals surface area contributed by atoms with Gasteiger partial charge >= 0.3 is 0 Å². The molecule has 0 fully saturated rings. The van der Waals surface area contributed by atoms with Gasteiger partial charge in [0.1, 0.15) is 5.60 Å². The molecule has 1 N–H and O–H groups in total. The summed E-state index contributed by atoms with van der Waals surface area (Å²) >= 11 is 2.48. The Kier molecular flexibility index (Phi) is 2.80. The van der Waals surface area contributed by atoms with E-state index in [1.54, 1.807) is 12.2 Å². The van der Waals surface area contributed by atoms with Crippen LogP contribution in [0.15, 0.2) is 24.3 Å². The molecule has 2 nitrogen and oxygen atoms in total. The second-order valence-corrected chi connectivity index (χ2v) is 3.38. The predicted octanol–water partition coefficient (Wildman–Crippen LogP) is 1.49. The van der Waals surface area contributed by atoms with Crippen molar-refractivity contribution in [2.75, 3.05) is 0 Å². The van der Waals surface area contributed by atoms with Crippen LogP contribution in [-0.4, -0.2) is 21.6 Å². The summed E-state index contributed by atoms with van der Waals surface area (Å²) in [6, 6.07) is 0. The summed E-state index contributed by atoms with van der Waals surface area (Å²) in [6.07, 6.45) is 6.27. The Hall–Kier alpha value is -0.480. The maximum atomic E-state index is 12.5. The van der Waals surface area contributed by atoms with Crippen molar-refractivity contribution in [3.63, 3.8) is 0 Å². The average molecular weight is 235 g/mol. The molecule has 0 unspecified atom stereocenters. The lowest BCUT2D eigenvalue weighted by Crippen LogP contribution is -2.40. The number of aliphatic hydroxyl groups is 1. The van der Waals surface area contributed by atoms with Crippen molar-refractivity contribution in [1.82, 2.24) is 0 Å². The molecule has 12 heavy (non-hydrogen) atoms. The van der Waals surface area contributed by atoms with Gasteiger partial charge in [0.25, 0.3) is 0 Å². The Balaban J connectivity index is 2.79. The largest absolute Gasteiger partial charge is 0.377 e. The minimum absolute atomic E-state index is 0.133. The number of rotatable bonds is 2. The van der Waals surface area contributed by atoms with Crippen LogP contribution in [0.1, 0.15) is 6.42 Å². The summed E-state index contributed by atoms with van der Waals surface area (Å²) < 4.78 is 12.5. The van der Waals surface area contributed by atoms with Gasteiger partial charge in [-0.05, 0) is 22.0 Å². The van der Waals surface area contributed by atoms with Crippen LogP contribution < -0.4 is 0 Å². The molecule has 0 saturated heterocycles. The molecule has 66 valence electrons. The van der Waals surface area contributed by atoms with Gasteiger partial charge in [0.2, 0.25) is 10.9 Å². The predicted molar refractivity (Wildman–Crippen MR) is 46.7 cm³/mol. The Morgan fingerprint density at radius 2 is 2.33 bits per heavy atom. The third kappa shape index (κ3) is 1.81. The number of carbonyl (C=O) groups excluding carboxylic acids is 1. The van der Waals surface area contributed by atoms with Crippen molar-refractivity contribution in [3.8, 4) is 0 Å². The van der Waals surface area contributed by atoms with E-state index in [0.29, 0.717) is 0 Å². The maximum absolute atomic E-state index is 12.5. The highest BCUT2D eigenvalue weighted by molar-refractivity contribution is 9.09. The SMILES string of the molecule is O=C([C@H](F)Br)[C@]1(O)C=CC=CC1. The number of carbonyl (C=O) groups is 1. The fourth-order valence-electron chi connectivity index (χ4n) is 0.981. The third-order valence-electron chi connectivity index (χ3n) is 1.67. The molecular formula is C8H8BrFO2. The molecule has 0 bridgehead atoms. The van der Waals surface area contributed by atoms with Crippen molar-refractivity contribution in [1.29, 1.82) is 0 Å². The van der Waals surface area contributed by atoms with E-state index in [0.717, 1.165) is 0 Å². The number of hydrogen-bond acceptors (Lipinski definition) is 2. The minimum Gasteiger partial charge on any atom is -0.377 e. The Bertz CT molecular complexity index is 247. The van der Waals surface area contributed by atoms with Crippen LogP contribution in [0.5, 0.6) is 0 Å². The van der Waals surface area contributed by atoms with Gasteiger partial charge in [-0.25, -0.2) is 4.39 Å². The van der Waals surface area contributed by atoms with Gasteiger partial charge in [-0.3, -0.25) is 4.79 Å². The molecule has 4 heteroatoms. The molecule has 0 spiro atoms. The van der Waals surface area contributed by atoms with Crippen molar-refractivity contribution >= 4 is 21.7 Å². The van der Waals surface area contributed by atoms with E-state index >= 15 is 0 Å². The lowest BCUT2D eigenvalue weighted by molar-refractivity contribution is -0.134. The topological polar surface area (TPSA) is 37.3 Å². The standard InChI is InChI=1S/C8H8BrFO2/c9-7(10)6(11)8(12)4-2-1-3-5-8/h1-4,7,12H,5H2/t7-,8-/m0/s1. The van der Waals surface area contributed by atoms with Gasteiger partial charge in [-0.15, -0.1) is 0 Å². The van der Waals surface area contributed by atoms with E-state index in [2.05, 4.69) is 15.9 Å². The fourth-order valence-corrected chi connectivity index (χ4v) is 1.38. The normalized spacial score (nSPS) is 30.2. The second-order valence-electron chi connectivity index (χ2n) is 2.58. The summed E-state index contributed by atoms with van der Waals surface area (Å²) in [5.74, 6) is -0.858. The molecule has 0 aromatic rings. The summed E-state index contributed by atoms with van der Waals surface area (Å²) in [7, 11) is 0. The zero-order chi connectivity index (χ0) is 9.19. The third-order valence-corrected chi connectivity index (χ3v) is 2.09. The Morgan fingerprint density at radius 3 is 2.75 bits per heavy atom. The number of Topliss-reactive ketones (excluding diaryl/α,β-unsaturated/α-hetero) is 1. The van der Waals surface area contributed by atoms with E-state index in [9.17, 15) is 14.3 Å². The molecule has 0 amide bonds. The van der Waals surface area contributed by atoms with Crippen LogP contribution in [0.25, 0.3) is 0 Å². The molecule has 2 atom stereocenters. The molecule has 0 radical (unpaired) electrons. The first-order valence-electron chi connectivity index (χ1n) is 3.45. The number of halogens is 2. The Morgan fingerprint density at radius 1 is 1.67 bits per heavy atom. The number of alkyl halides is 2. The van der Waals surface area contributed by atoms with Gasteiger partial charge < -0.3 is 5.11 Å². The van der Waals surface area contributed by atoms with Crippen LogP contribution in [0.3, 0.4) is 0 Å². The zero-order valence-corrected chi connectivity index (χ0v) is 7.79. The lowest BCUT2D eigenvalue weighted by Gasteiger charge is -2.23. The average Bonchev–Trinajstić information content (AvgIpc) is 2.04. The minimum atomic E-state index is -1.81. The van der Waals surface area contributed by atoms with E-state index in [-0.39, 0.29) is 6.42 Å². The molecular weight excluding hydrogens is 227 g/mol. The van der Waals surface area contributed by atoms with Crippen LogP contribution >= 0.6 is 15.9 Å². The van der Waals surface area contributed by atoms with Crippen LogP contribution in [0, 0.1) is 0 Å². The van der Waals surface area contributed by atoms with E-state index < -0.39 is 16.5 Å². The van der Waals surface area contributed by atoms with Crippen LogP contribution in [0.4, 0.5) is 4.39 Å². The smallest absolute Gasteiger partial charge is 0.216 e. The highest BCUT2D eigenvalue weighted by atomic mass is 79.9. The molecule has 1 rings (SSSR count). The molecule has 1 aliphatic carbocycles. The number of allylic oxidation sites excluding steroid dienone is 2. The van der Waals surface area contributed by atoms with Crippen molar-refractivity contribution in [2.45, 2.75) is 17.1 Å². The van der Waals surface area contributed by atoms with Gasteiger partial charge in [-0.1, -0.05) is 18.2 Å². The molecule has 0 heterocycles. The van der Waals surface area contributed by atoms with Crippen molar-refractivity contribution in [2.24, 2.45) is 0 Å². The summed E-state index contributed by atoms with van der Waals surface area (Å²) in [5.41, 5.74) is -1.67. The van der Waals surface area contributed by atoms with E-state index in [1.807, 2.05) is 0 Å². The summed E-state index contributed by atoms with van der Waals surface area (Å²) in [6.45, 7) is 0. The zero-order valence-electron chi connectivity index (χ0n) is 6.21. The molecule has 0 aliphatic heterocycles. The van der Waals surface area contributed by atoms with E-state index in [1.165, 1.54) is 12.2 Å². The van der Waals surface area contributed by atoms with E-state index in [4.69, 9.17) is 0 Å². The van der Waals surface area contributed by atoms with Crippen molar-refractivity contribution in [3.05, 3.63) is 24.3 Å². The summed E-state index contributed by atoms with van der Waals surface area (Å²) in [5, 5.41) is 7.75. The van der Waals surface area contributed by atoms with Crippen LogP contribution in [-0.2, 0) is 4.79 Å². The Labute approximate surface area is 77.9 Å². The van der Waals surface area contributed by atoms with Gasteiger partial charge in [0.05, 0.1) is 0 Å².